The van der Waals surface area contributed by atoms with Crippen LogP contribution in [0.3, 0.4) is 0 Å². The Bertz CT molecular complexity index is 383. The molecule has 1 rings (SSSR count). The first-order valence-corrected chi connectivity index (χ1v) is 6.52. The van der Waals surface area contributed by atoms with Crippen molar-refractivity contribution in [1.82, 2.24) is 10.2 Å². The Morgan fingerprint density at radius 3 is 2.53 bits per heavy atom. The van der Waals surface area contributed by atoms with Crippen molar-refractivity contribution in [2.24, 2.45) is 5.41 Å². The molecule has 1 saturated heterocycles. The van der Waals surface area contributed by atoms with E-state index in [1.54, 1.807) is 14.0 Å². The Kier molecular flexibility index (Phi) is 5.31. The van der Waals surface area contributed by atoms with Gasteiger partial charge in [0.05, 0.1) is 6.07 Å². The molecule has 2 amide bonds. The number of carbonyl (C=O) groups excluding carboxylic acids is 2. The molecule has 1 aliphatic rings. The number of ether oxygens (including phenoxy) is 1. The average Bonchev–Trinajstić information content (AvgIpc) is 2.45. The van der Waals surface area contributed by atoms with Crippen LogP contribution >= 0.6 is 0 Å². The molecule has 1 N–H and O–H groups in total. The molecular weight excluding hydrogens is 246 g/mol. The number of nitrogens with zero attached hydrogens (tertiary/aromatic N) is 2. The summed E-state index contributed by atoms with van der Waals surface area (Å²) < 4.78 is 5.18. The molecule has 106 valence electrons. The van der Waals surface area contributed by atoms with Crippen LogP contribution < -0.4 is 5.32 Å². The fourth-order valence-corrected chi connectivity index (χ4v) is 1.99. The van der Waals surface area contributed by atoms with Crippen molar-refractivity contribution in [3.63, 3.8) is 0 Å². The first-order chi connectivity index (χ1) is 8.96. The van der Waals surface area contributed by atoms with Gasteiger partial charge in [-0.15, -0.1) is 0 Å². The van der Waals surface area contributed by atoms with E-state index < -0.39 is 11.5 Å². The van der Waals surface area contributed by atoms with E-state index in [2.05, 4.69) is 11.4 Å². The summed E-state index contributed by atoms with van der Waals surface area (Å²) in [4.78, 5) is 25.6. The summed E-state index contributed by atoms with van der Waals surface area (Å²) in [6, 6.07) is 1.47. The molecule has 0 bridgehead atoms. The predicted molar refractivity (Wildman–Crippen MR) is 69.0 cm³/mol. The molecule has 0 aromatic carbocycles. The minimum Gasteiger partial charge on any atom is -0.381 e. The van der Waals surface area contributed by atoms with Crippen molar-refractivity contribution in [2.75, 3.05) is 26.8 Å². The Morgan fingerprint density at radius 1 is 1.47 bits per heavy atom. The molecule has 0 saturated carbocycles. The van der Waals surface area contributed by atoms with E-state index in [4.69, 9.17) is 4.74 Å². The lowest BCUT2D eigenvalue weighted by atomic mass is 9.80. The molecule has 1 unspecified atom stereocenters. The van der Waals surface area contributed by atoms with Gasteiger partial charge in [-0.2, -0.15) is 5.26 Å². The van der Waals surface area contributed by atoms with Gasteiger partial charge >= 0.3 is 0 Å². The molecule has 6 nitrogen and oxygen atoms in total. The van der Waals surface area contributed by atoms with Gasteiger partial charge in [-0.3, -0.25) is 9.59 Å². The van der Waals surface area contributed by atoms with Gasteiger partial charge in [-0.25, -0.2) is 0 Å². The molecule has 1 atom stereocenters. The van der Waals surface area contributed by atoms with Crippen molar-refractivity contribution in [3.8, 4) is 6.07 Å². The van der Waals surface area contributed by atoms with E-state index in [-0.39, 0.29) is 11.8 Å². The van der Waals surface area contributed by atoms with E-state index in [1.807, 2.05) is 6.92 Å². The zero-order valence-electron chi connectivity index (χ0n) is 11.7. The topological polar surface area (TPSA) is 82.4 Å². The van der Waals surface area contributed by atoms with E-state index >= 15 is 0 Å². The summed E-state index contributed by atoms with van der Waals surface area (Å²) in [5.41, 5.74) is -1.06. The minimum atomic E-state index is -1.06. The number of hydrogen-bond acceptors (Lipinski definition) is 4. The summed E-state index contributed by atoms with van der Waals surface area (Å²) in [6.45, 7) is 4.88. The molecule has 19 heavy (non-hydrogen) atoms. The second-order valence-corrected chi connectivity index (χ2v) is 4.85. The average molecular weight is 267 g/mol. The van der Waals surface area contributed by atoms with Gasteiger partial charge in [-0.05, 0) is 26.7 Å². The molecule has 0 aromatic rings. The number of amides is 2. The van der Waals surface area contributed by atoms with Gasteiger partial charge in [-0.1, -0.05) is 0 Å². The van der Waals surface area contributed by atoms with Crippen molar-refractivity contribution < 1.29 is 14.3 Å². The van der Waals surface area contributed by atoms with Crippen molar-refractivity contribution in [2.45, 2.75) is 32.7 Å². The monoisotopic (exact) mass is 267 g/mol. The first-order valence-electron chi connectivity index (χ1n) is 6.52. The standard InChI is InChI=1S/C13H21N3O3/c1-4-16(3)11(17)10(2)15-12(18)13(9-14)5-7-19-8-6-13/h10H,4-8H2,1-3H3,(H,15,18). The second kappa shape index (κ2) is 6.53. The highest BCUT2D eigenvalue weighted by Gasteiger charge is 2.41. The third-order valence-electron chi connectivity index (χ3n) is 3.56. The number of nitrogens with one attached hydrogen (secondary N) is 1. The van der Waals surface area contributed by atoms with Gasteiger partial charge in [0.15, 0.2) is 0 Å². The van der Waals surface area contributed by atoms with Gasteiger partial charge < -0.3 is 15.0 Å². The van der Waals surface area contributed by atoms with E-state index in [1.165, 1.54) is 4.90 Å². The van der Waals surface area contributed by atoms with Gasteiger partial charge in [0, 0.05) is 26.8 Å². The first kappa shape index (κ1) is 15.4. The number of carbonyl (C=O) groups is 2. The highest BCUT2D eigenvalue weighted by molar-refractivity contribution is 5.91. The Hall–Kier alpha value is -1.61. The van der Waals surface area contributed by atoms with Crippen LogP contribution in [-0.4, -0.2) is 49.6 Å². The van der Waals surface area contributed by atoms with Crippen LogP contribution in [0.1, 0.15) is 26.7 Å². The highest BCUT2D eigenvalue weighted by atomic mass is 16.5. The smallest absolute Gasteiger partial charge is 0.244 e. The molecule has 0 radical (unpaired) electrons. The number of likely N-dealkylation sites (N-methyl/N-ethyl adjacent to an activating group) is 1. The maximum absolute atomic E-state index is 12.2. The third kappa shape index (κ3) is 3.44. The van der Waals surface area contributed by atoms with Crippen molar-refractivity contribution >= 4 is 11.8 Å². The largest absolute Gasteiger partial charge is 0.381 e. The van der Waals surface area contributed by atoms with E-state index in [0.29, 0.717) is 32.6 Å². The Morgan fingerprint density at radius 2 is 2.05 bits per heavy atom. The molecule has 1 fully saturated rings. The van der Waals surface area contributed by atoms with Crippen LogP contribution in [0.15, 0.2) is 0 Å². The third-order valence-corrected chi connectivity index (χ3v) is 3.56. The lowest BCUT2D eigenvalue weighted by Gasteiger charge is -2.31. The summed E-state index contributed by atoms with van der Waals surface area (Å²) in [7, 11) is 1.68. The summed E-state index contributed by atoms with van der Waals surface area (Å²) in [5, 5.41) is 11.9. The highest BCUT2D eigenvalue weighted by Crippen LogP contribution is 2.29. The van der Waals surface area contributed by atoms with Crippen molar-refractivity contribution in [1.29, 1.82) is 5.26 Å². The van der Waals surface area contributed by atoms with Gasteiger partial charge in [0.2, 0.25) is 11.8 Å². The van der Waals surface area contributed by atoms with Crippen LogP contribution in [0.4, 0.5) is 0 Å². The summed E-state index contributed by atoms with van der Waals surface area (Å²) >= 11 is 0. The maximum atomic E-state index is 12.2. The maximum Gasteiger partial charge on any atom is 0.244 e. The van der Waals surface area contributed by atoms with Crippen LogP contribution in [0.25, 0.3) is 0 Å². The molecular formula is C13H21N3O3. The molecule has 1 heterocycles. The fraction of sp³-hybridized carbons (Fsp3) is 0.769. The predicted octanol–water partition coefficient (Wildman–Crippen LogP) is 0.290. The zero-order valence-corrected chi connectivity index (χ0v) is 11.7. The molecule has 0 spiro atoms. The molecule has 1 aliphatic heterocycles. The molecule has 6 heteroatoms. The Balaban J connectivity index is 2.68. The van der Waals surface area contributed by atoms with Crippen LogP contribution in [0, 0.1) is 16.7 Å². The molecule has 0 aromatic heterocycles. The van der Waals surface area contributed by atoms with Crippen LogP contribution in [0.2, 0.25) is 0 Å². The molecule has 0 aliphatic carbocycles. The van der Waals surface area contributed by atoms with E-state index in [9.17, 15) is 14.9 Å². The van der Waals surface area contributed by atoms with Gasteiger partial charge in [0.1, 0.15) is 11.5 Å². The summed E-state index contributed by atoms with van der Waals surface area (Å²) in [5.74, 6) is -0.528. The number of hydrogen-bond donors (Lipinski definition) is 1. The second-order valence-electron chi connectivity index (χ2n) is 4.85. The number of rotatable bonds is 4. The normalized spacial score (nSPS) is 19.1. The fourth-order valence-electron chi connectivity index (χ4n) is 1.99. The van der Waals surface area contributed by atoms with Crippen molar-refractivity contribution in [3.05, 3.63) is 0 Å². The summed E-state index contributed by atoms with van der Waals surface area (Å²) in [6.07, 6.45) is 0.750. The zero-order chi connectivity index (χ0) is 14.5. The Labute approximate surface area is 113 Å². The van der Waals surface area contributed by atoms with Crippen LogP contribution in [0.5, 0.6) is 0 Å². The van der Waals surface area contributed by atoms with Crippen LogP contribution in [-0.2, 0) is 14.3 Å². The lowest BCUT2D eigenvalue weighted by molar-refractivity contribution is -0.139. The number of nitriles is 1. The quantitative estimate of drug-likeness (QED) is 0.793. The van der Waals surface area contributed by atoms with E-state index in [0.717, 1.165) is 0 Å². The SMILES string of the molecule is CCN(C)C(=O)C(C)NC(=O)C1(C#N)CCOCC1. The van der Waals surface area contributed by atoms with Gasteiger partial charge in [0.25, 0.3) is 0 Å². The lowest BCUT2D eigenvalue weighted by Crippen LogP contribution is -2.51. The minimum absolute atomic E-state index is 0.156.